The second-order valence-electron chi connectivity index (χ2n) is 9.21. The number of tetrazole rings is 1. The van der Waals surface area contributed by atoms with Gasteiger partial charge in [0.2, 0.25) is 0 Å². The first-order valence-corrected chi connectivity index (χ1v) is 12.2. The van der Waals surface area contributed by atoms with Crippen molar-refractivity contribution in [3.63, 3.8) is 0 Å². The van der Waals surface area contributed by atoms with Crippen molar-refractivity contribution in [1.29, 1.82) is 0 Å². The number of rotatable bonds is 7. The molecular weight excluding hydrogens is 428 g/mol. The van der Waals surface area contributed by atoms with Gasteiger partial charge in [0.05, 0.1) is 25.3 Å². The molecule has 0 amide bonds. The third kappa shape index (κ3) is 4.88. The first kappa shape index (κ1) is 22.7. The topological polar surface area (TPSA) is 76.4 Å². The fraction of sp³-hybridized carbons (Fsp3) is 0.462. The van der Waals surface area contributed by atoms with Crippen molar-refractivity contribution >= 4 is 5.97 Å². The van der Waals surface area contributed by atoms with Crippen LogP contribution in [0.1, 0.15) is 59.0 Å². The van der Waals surface area contributed by atoms with Gasteiger partial charge in [0.15, 0.2) is 5.82 Å². The summed E-state index contributed by atoms with van der Waals surface area (Å²) in [5.74, 6) is 0.495. The van der Waals surface area contributed by atoms with Crippen molar-refractivity contribution in [1.82, 2.24) is 30.0 Å². The molecule has 1 saturated heterocycles. The van der Waals surface area contributed by atoms with Crippen molar-refractivity contribution in [3.05, 3.63) is 77.1 Å². The van der Waals surface area contributed by atoms with Crippen LogP contribution in [0.3, 0.4) is 0 Å². The van der Waals surface area contributed by atoms with Gasteiger partial charge in [-0.2, -0.15) is 0 Å². The molecule has 2 heterocycles. The molecule has 8 heteroatoms. The Morgan fingerprint density at radius 1 is 1.00 bits per heavy atom. The Labute approximate surface area is 200 Å². The minimum absolute atomic E-state index is 0.0910. The van der Waals surface area contributed by atoms with Crippen LogP contribution < -0.4 is 0 Å². The summed E-state index contributed by atoms with van der Waals surface area (Å²) >= 11 is 0. The molecule has 5 rings (SSSR count). The Balaban J connectivity index is 1.45. The maximum atomic E-state index is 12.0. The van der Waals surface area contributed by atoms with Crippen LogP contribution in [0.25, 0.3) is 0 Å². The van der Waals surface area contributed by atoms with Gasteiger partial charge in [-0.3, -0.25) is 9.80 Å². The largest absolute Gasteiger partial charge is 0.465 e. The van der Waals surface area contributed by atoms with Crippen LogP contribution in [0.5, 0.6) is 0 Å². The Morgan fingerprint density at radius 2 is 1.79 bits per heavy atom. The predicted octanol–water partition coefficient (Wildman–Crippen LogP) is 3.16. The zero-order chi connectivity index (χ0) is 23.3. The number of hydrogen-bond donors (Lipinski definition) is 0. The zero-order valence-electron chi connectivity index (χ0n) is 19.7. The van der Waals surface area contributed by atoms with Crippen molar-refractivity contribution < 1.29 is 9.53 Å². The molecule has 34 heavy (non-hydrogen) atoms. The highest BCUT2D eigenvalue weighted by Gasteiger charge is 2.32. The SMILES string of the molecule is COC(=O)c1ccc(C(c2nnnn2Cc2ccccc2)N2CCCN(C3CCC3)CC2)cc1. The smallest absolute Gasteiger partial charge is 0.337 e. The van der Waals surface area contributed by atoms with Crippen molar-refractivity contribution in [2.24, 2.45) is 0 Å². The number of carbonyl (C=O) groups is 1. The van der Waals surface area contributed by atoms with E-state index in [4.69, 9.17) is 4.74 Å². The summed E-state index contributed by atoms with van der Waals surface area (Å²) in [4.78, 5) is 17.1. The molecule has 178 valence electrons. The number of ether oxygens (including phenoxy) is 1. The first-order chi connectivity index (χ1) is 16.7. The minimum Gasteiger partial charge on any atom is -0.465 e. The van der Waals surface area contributed by atoms with Crippen molar-refractivity contribution in [3.8, 4) is 0 Å². The highest BCUT2D eigenvalue weighted by Crippen LogP contribution is 2.31. The van der Waals surface area contributed by atoms with Gasteiger partial charge in [0.25, 0.3) is 0 Å². The Hall–Kier alpha value is -3.10. The first-order valence-electron chi connectivity index (χ1n) is 12.2. The Bertz CT molecular complexity index is 1080. The standard InChI is InChI=1S/C26H32N6O2/c1-34-26(33)22-13-11-21(12-14-22)24(31-16-6-15-30(17-18-31)23-9-5-10-23)25-27-28-29-32(25)19-20-7-3-2-4-8-20/h2-4,7-8,11-14,23-24H,5-6,9-10,15-19H2,1H3. The molecule has 0 spiro atoms. The molecule has 2 aliphatic rings. The van der Waals surface area contributed by atoms with Crippen LogP contribution >= 0.6 is 0 Å². The average Bonchev–Trinajstić information content (AvgIpc) is 3.15. The molecule has 3 aromatic rings. The number of benzene rings is 2. The predicted molar refractivity (Wildman–Crippen MR) is 128 cm³/mol. The van der Waals surface area contributed by atoms with E-state index in [2.05, 4.69) is 37.5 Å². The van der Waals surface area contributed by atoms with Gasteiger partial charge in [0, 0.05) is 25.7 Å². The van der Waals surface area contributed by atoms with Crippen LogP contribution in [0.15, 0.2) is 54.6 Å². The second kappa shape index (κ2) is 10.4. The number of aromatic nitrogens is 4. The van der Waals surface area contributed by atoms with Crippen molar-refractivity contribution in [2.45, 2.75) is 44.3 Å². The third-order valence-electron chi connectivity index (χ3n) is 7.15. The lowest BCUT2D eigenvalue weighted by atomic mass is 9.91. The Morgan fingerprint density at radius 3 is 2.50 bits per heavy atom. The van der Waals surface area contributed by atoms with Gasteiger partial charge < -0.3 is 4.74 Å². The highest BCUT2D eigenvalue weighted by molar-refractivity contribution is 5.89. The lowest BCUT2D eigenvalue weighted by Gasteiger charge is -2.37. The lowest BCUT2D eigenvalue weighted by Crippen LogP contribution is -2.42. The van der Waals surface area contributed by atoms with Gasteiger partial charge in [-0.05, 0) is 59.5 Å². The summed E-state index contributed by atoms with van der Waals surface area (Å²) in [5, 5.41) is 12.9. The highest BCUT2D eigenvalue weighted by atomic mass is 16.5. The van der Waals surface area contributed by atoms with E-state index in [1.807, 2.05) is 47.1 Å². The summed E-state index contributed by atoms with van der Waals surface area (Å²) in [6.45, 7) is 4.75. The van der Waals surface area contributed by atoms with Crippen LogP contribution in [0.4, 0.5) is 0 Å². The summed E-state index contributed by atoms with van der Waals surface area (Å²) in [5.41, 5.74) is 2.78. The van der Waals surface area contributed by atoms with E-state index in [9.17, 15) is 4.79 Å². The van der Waals surface area contributed by atoms with E-state index in [-0.39, 0.29) is 12.0 Å². The zero-order valence-corrected chi connectivity index (χ0v) is 19.7. The van der Waals surface area contributed by atoms with Gasteiger partial charge in [-0.1, -0.05) is 48.9 Å². The quantitative estimate of drug-likeness (QED) is 0.501. The van der Waals surface area contributed by atoms with Gasteiger partial charge >= 0.3 is 5.97 Å². The van der Waals surface area contributed by atoms with E-state index in [0.29, 0.717) is 12.1 Å². The van der Waals surface area contributed by atoms with Crippen LogP contribution in [-0.4, -0.2) is 75.3 Å². The summed E-state index contributed by atoms with van der Waals surface area (Å²) in [6.07, 6.45) is 5.13. The molecule has 0 N–H and O–H groups in total. The Kier molecular flexibility index (Phi) is 6.97. The molecule has 8 nitrogen and oxygen atoms in total. The monoisotopic (exact) mass is 460 g/mol. The fourth-order valence-electron chi connectivity index (χ4n) is 5.05. The van der Waals surface area contributed by atoms with E-state index >= 15 is 0 Å². The van der Waals surface area contributed by atoms with E-state index in [1.165, 1.54) is 26.4 Å². The molecule has 1 aliphatic heterocycles. The maximum Gasteiger partial charge on any atom is 0.337 e. The molecule has 1 aromatic heterocycles. The van der Waals surface area contributed by atoms with Crippen LogP contribution in [0, 0.1) is 0 Å². The third-order valence-corrected chi connectivity index (χ3v) is 7.15. The molecule has 2 fully saturated rings. The van der Waals surface area contributed by atoms with E-state index in [0.717, 1.165) is 55.6 Å². The molecule has 1 atom stereocenters. The van der Waals surface area contributed by atoms with Gasteiger partial charge in [-0.15, -0.1) is 5.10 Å². The normalized spacial score (nSPS) is 18.7. The molecular formula is C26H32N6O2. The molecule has 0 radical (unpaired) electrons. The number of methoxy groups -OCH3 is 1. The van der Waals surface area contributed by atoms with Crippen LogP contribution in [0.2, 0.25) is 0 Å². The molecule has 0 bridgehead atoms. The minimum atomic E-state index is -0.331. The molecule has 2 aromatic carbocycles. The molecule has 1 aliphatic carbocycles. The lowest BCUT2D eigenvalue weighted by molar-refractivity contribution is 0.0600. The van der Waals surface area contributed by atoms with Crippen LogP contribution in [-0.2, 0) is 11.3 Å². The molecule has 1 unspecified atom stereocenters. The summed E-state index contributed by atoms with van der Waals surface area (Å²) in [7, 11) is 1.40. The number of carbonyl (C=O) groups excluding carboxylic acids is 1. The van der Waals surface area contributed by atoms with Crippen molar-refractivity contribution in [2.75, 3.05) is 33.3 Å². The maximum absolute atomic E-state index is 12.0. The summed E-state index contributed by atoms with van der Waals surface area (Å²) in [6, 6.07) is 18.6. The van der Waals surface area contributed by atoms with E-state index < -0.39 is 0 Å². The number of nitrogens with zero attached hydrogens (tertiary/aromatic N) is 6. The van der Waals surface area contributed by atoms with E-state index in [1.54, 1.807) is 0 Å². The fourth-order valence-corrected chi connectivity index (χ4v) is 5.05. The number of esters is 1. The average molecular weight is 461 g/mol. The number of hydrogen-bond acceptors (Lipinski definition) is 7. The second-order valence-corrected chi connectivity index (χ2v) is 9.21. The van der Waals surface area contributed by atoms with Gasteiger partial charge in [0.1, 0.15) is 0 Å². The molecule has 1 saturated carbocycles. The van der Waals surface area contributed by atoms with Gasteiger partial charge in [-0.25, -0.2) is 9.48 Å². The summed E-state index contributed by atoms with van der Waals surface area (Å²) < 4.78 is 6.79.